The number of amides is 1. The Morgan fingerprint density at radius 2 is 2.27 bits per heavy atom. The fourth-order valence-electron chi connectivity index (χ4n) is 1.21. The molecule has 0 spiro atoms. The molecule has 4 nitrogen and oxygen atoms in total. The van der Waals surface area contributed by atoms with Crippen molar-refractivity contribution in [2.24, 2.45) is 5.41 Å². The topological polar surface area (TPSA) is 49.8 Å². The minimum Gasteiger partial charge on any atom is -0.388 e. The molecule has 0 aliphatic carbocycles. The lowest BCUT2D eigenvalue weighted by Gasteiger charge is -2.37. The Kier molecular flexibility index (Phi) is 3.81. The third-order valence-corrected chi connectivity index (χ3v) is 2.93. The van der Waals surface area contributed by atoms with Gasteiger partial charge in [-0.1, -0.05) is 26.8 Å². The molecule has 1 saturated heterocycles. The first kappa shape index (κ1) is 12.5. The zero-order valence-electron chi connectivity index (χ0n) is 9.27. The maximum absolute atomic E-state index is 12.0. The van der Waals surface area contributed by atoms with Gasteiger partial charge in [-0.05, 0) is 0 Å². The summed E-state index contributed by atoms with van der Waals surface area (Å²) in [6.45, 7) is 9.34. The Bertz CT molecular complexity index is 262. The largest absolute Gasteiger partial charge is 0.388 e. The quantitative estimate of drug-likeness (QED) is 0.421. The van der Waals surface area contributed by atoms with Crippen LogP contribution >= 0.6 is 12.2 Å². The zero-order chi connectivity index (χ0) is 11.6. The molecule has 0 radical (unpaired) electrons. The lowest BCUT2D eigenvalue weighted by Crippen LogP contribution is -2.50. The van der Waals surface area contributed by atoms with Crippen LogP contribution in [0.2, 0.25) is 0 Å². The molecule has 1 aliphatic rings. The van der Waals surface area contributed by atoms with Gasteiger partial charge in [-0.3, -0.25) is 13.3 Å². The van der Waals surface area contributed by atoms with E-state index >= 15 is 0 Å². The summed E-state index contributed by atoms with van der Waals surface area (Å²) in [5, 5.41) is 9.65. The van der Waals surface area contributed by atoms with E-state index in [1.165, 1.54) is 4.31 Å². The van der Waals surface area contributed by atoms with E-state index < -0.39 is 11.5 Å². The van der Waals surface area contributed by atoms with E-state index in [0.717, 1.165) is 12.2 Å². The molecular formula is C10H17NO3S. The Balaban J connectivity index is 2.83. The Morgan fingerprint density at radius 1 is 1.67 bits per heavy atom. The Labute approximate surface area is 94.6 Å². The summed E-state index contributed by atoms with van der Waals surface area (Å²) in [5.74, 6) is -0.0730. The molecule has 1 fully saturated rings. The number of aliphatic hydroxyl groups is 1. The van der Waals surface area contributed by atoms with E-state index in [4.69, 9.17) is 4.18 Å². The number of carbonyl (C=O) groups excluding carboxylic acids is 1. The molecule has 5 heteroatoms. The van der Waals surface area contributed by atoms with Gasteiger partial charge in [-0.2, -0.15) is 0 Å². The van der Waals surface area contributed by atoms with Crippen LogP contribution in [0, 0.1) is 5.41 Å². The summed E-state index contributed by atoms with van der Waals surface area (Å²) in [6, 6.07) is -0.379. The van der Waals surface area contributed by atoms with Gasteiger partial charge in [-0.15, -0.1) is 6.58 Å². The number of hydrogen-bond donors (Lipinski definition) is 1. The van der Waals surface area contributed by atoms with Crippen LogP contribution < -0.4 is 0 Å². The van der Waals surface area contributed by atoms with Crippen LogP contribution in [-0.4, -0.2) is 34.1 Å². The minimum atomic E-state index is -0.699. The van der Waals surface area contributed by atoms with Gasteiger partial charge in [0.1, 0.15) is 18.3 Å². The summed E-state index contributed by atoms with van der Waals surface area (Å²) in [4.78, 5) is 12.0. The summed E-state index contributed by atoms with van der Waals surface area (Å²) in [7, 11) is 0. The normalized spacial score (nSPS) is 27.6. The fourth-order valence-corrected chi connectivity index (χ4v) is 2.20. The monoisotopic (exact) mass is 231 g/mol. The van der Waals surface area contributed by atoms with Gasteiger partial charge in [0.15, 0.2) is 0 Å². The molecule has 1 heterocycles. The van der Waals surface area contributed by atoms with Crippen molar-refractivity contribution in [2.75, 3.05) is 6.61 Å². The average molecular weight is 231 g/mol. The smallest absolute Gasteiger partial charge is 0.240 e. The van der Waals surface area contributed by atoms with Crippen LogP contribution in [0.1, 0.15) is 20.8 Å². The second kappa shape index (κ2) is 4.55. The second-order valence-electron chi connectivity index (χ2n) is 4.53. The van der Waals surface area contributed by atoms with Gasteiger partial charge >= 0.3 is 0 Å². The second-order valence-corrected chi connectivity index (χ2v) is 5.31. The number of rotatable bonds is 1. The summed E-state index contributed by atoms with van der Waals surface area (Å²) < 4.78 is 6.51. The maximum Gasteiger partial charge on any atom is 0.240 e. The van der Waals surface area contributed by atoms with E-state index in [0.29, 0.717) is 0 Å². The number of aliphatic hydroxyl groups excluding tert-OH is 1. The molecule has 2 atom stereocenters. The van der Waals surface area contributed by atoms with E-state index in [1.807, 2.05) is 20.8 Å². The highest BCUT2D eigenvalue weighted by Gasteiger charge is 2.38. The lowest BCUT2D eigenvalue weighted by molar-refractivity contribution is -0.137. The van der Waals surface area contributed by atoms with Crippen molar-refractivity contribution in [1.82, 2.24) is 4.31 Å². The Hall–Kier alpha value is -0.520. The van der Waals surface area contributed by atoms with Crippen molar-refractivity contribution in [3.05, 3.63) is 12.7 Å². The van der Waals surface area contributed by atoms with Crippen LogP contribution in [0.5, 0.6) is 0 Å². The van der Waals surface area contributed by atoms with Crippen LogP contribution in [0.15, 0.2) is 12.7 Å². The predicted molar refractivity (Wildman–Crippen MR) is 59.8 cm³/mol. The highest BCUT2D eigenvalue weighted by atomic mass is 32.2. The molecule has 1 aliphatic heterocycles. The molecule has 15 heavy (non-hydrogen) atoms. The third-order valence-electron chi connectivity index (χ3n) is 2.12. The van der Waals surface area contributed by atoms with Gasteiger partial charge in [0.2, 0.25) is 5.91 Å². The van der Waals surface area contributed by atoms with Crippen molar-refractivity contribution >= 4 is 18.1 Å². The summed E-state index contributed by atoms with van der Waals surface area (Å²) in [6.07, 6.45) is 0.874. The molecule has 1 N–H and O–H groups in total. The highest BCUT2D eigenvalue weighted by molar-refractivity contribution is 7.92. The van der Waals surface area contributed by atoms with Crippen LogP contribution in [0.25, 0.3) is 0 Å². The number of carbonyl (C=O) groups is 1. The molecule has 0 aromatic heterocycles. The van der Waals surface area contributed by atoms with Crippen molar-refractivity contribution in [3.8, 4) is 0 Å². The molecular weight excluding hydrogens is 214 g/mol. The van der Waals surface area contributed by atoms with Gasteiger partial charge in [0.25, 0.3) is 0 Å². The zero-order valence-corrected chi connectivity index (χ0v) is 10.1. The molecule has 0 saturated carbocycles. The van der Waals surface area contributed by atoms with Gasteiger partial charge in [0.05, 0.1) is 12.6 Å². The summed E-state index contributed by atoms with van der Waals surface area (Å²) >= 11 is 0.987. The van der Waals surface area contributed by atoms with Crippen molar-refractivity contribution in [2.45, 2.75) is 32.9 Å². The predicted octanol–water partition coefficient (Wildman–Crippen LogP) is 1.37. The number of hydrogen-bond acceptors (Lipinski definition) is 4. The van der Waals surface area contributed by atoms with Crippen LogP contribution in [0.3, 0.4) is 0 Å². The first-order chi connectivity index (χ1) is 6.88. The van der Waals surface area contributed by atoms with E-state index in [-0.39, 0.29) is 18.6 Å². The average Bonchev–Trinajstić information content (AvgIpc) is 2.14. The van der Waals surface area contributed by atoms with Crippen LogP contribution in [-0.2, 0) is 8.98 Å². The van der Waals surface area contributed by atoms with E-state index in [9.17, 15) is 9.90 Å². The molecule has 2 unspecified atom stereocenters. The molecule has 0 aromatic carbocycles. The third kappa shape index (κ3) is 2.74. The summed E-state index contributed by atoms with van der Waals surface area (Å²) in [5.41, 5.74) is -0.491. The molecule has 0 aromatic rings. The lowest BCUT2D eigenvalue weighted by atomic mass is 9.94. The fraction of sp³-hybridized carbons (Fsp3) is 0.700. The van der Waals surface area contributed by atoms with Crippen LogP contribution in [0.4, 0.5) is 0 Å². The van der Waals surface area contributed by atoms with E-state index in [2.05, 4.69) is 6.58 Å². The van der Waals surface area contributed by atoms with Crippen molar-refractivity contribution in [1.29, 1.82) is 0 Å². The van der Waals surface area contributed by atoms with Crippen molar-refractivity contribution < 1.29 is 14.1 Å². The molecule has 86 valence electrons. The number of nitrogens with zero attached hydrogens (tertiary/aromatic N) is 1. The Morgan fingerprint density at radius 3 is 2.73 bits per heavy atom. The van der Waals surface area contributed by atoms with Gasteiger partial charge < -0.3 is 5.11 Å². The molecule has 1 rings (SSSR count). The van der Waals surface area contributed by atoms with Crippen molar-refractivity contribution in [3.63, 3.8) is 0 Å². The van der Waals surface area contributed by atoms with Gasteiger partial charge in [-0.25, -0.2) is 0 Å². The SMILES string of the molecule is C=CC1C(O)COSN1C(=O)C(C)(C)C. The first-order valence-electron chi connectivity index (χ1n) is 4.82. The first-order valence-corrected chi connectivity index (χ1v) is 5.51. The molecule has 0 bridgehead atoms. The maximum atomic E-state index is 12.0. The standard InChI is InChI=1S/C10H17NO3S/c1-5-7-8(12)6-14-15-11(7)9(13)10(2,3)4/h5,7-8,12H,1,6H2,2-4H3. The highest BCUT2D eigenvalue weighted by Crippen LogP contribution is 2.30. The van der Waals surface area contributed by atoms with Gasteiger partial charge in [0, 0.05) is 5.41 Å². The van der Waals surface area contributed by atoms with E-state index in [1.54, 1.807) is 6.08 Å². The molecule has 1 amide bonds. The minimum absolute atomic E-state index is 0.0730.